The molecular formula is C15H17N3O3. The van der Waals surface area contributed by atoms with Gasteiger partial charge in [-0.3, -0.25) is 9.48 Å². The third kappa shape index (κ3) is 3.28. The number of anilines is 1. The molecule has 0 aliphatic carbocycles. The van der Waals surface area contributed by atoms with Crippen LogP contribution < -0.4 is 5.32 Å². The lowest BCUT2D eigenvalue weighted by Crippen LogP contribution is -2.15. The highest BCUT2D eigenvalue weighted by molar-refractivity contribution is 5.94. The summed E-state index contributed by atoms with van der Waals surface area (Å²) in [5.74, 6) is -1.22. The molecule has 1 aromatic heterocycles. The van der Waals surface area contributed by atoms with Crippen LogP contribution in [0, 0.1) is 13.8 Å². The number of nitrogens with one attached hydrogen (secondary N) is 1. The molecule has 1 heterocycles. The van der Waals surface area contributed by atoms with Gasteiger partial charge >= 0.3 is 5.97 Å². The summed E-state index contributed by atoms with van der Waals surface area (Å²) in [5, 5.41) is 15.9. The number of carbonyl (C=O) groups is 2. The van der Waals surface area contributed by atoms with E-state index < -0.39 is 5.97 Å². The summed E-state index contributed by atoms with van der Waals surface area (Å²) in [6.45, 7) is 3.77. The second kappa shape index (κ2) is 5.78. The summed E-state index contributed by atoms with van der Waals surface area (Å²) in [4.78, 5) is 23.0. The summed E-state index contributed by atoms with van der Waals surface area (Å²) < 4.78 is 1.74. The van der Waals surface area contributed by atoms with Crippen molar-refractivity contribution in [2.45, 2.75) is 20.3 Å². The van der Waals surface area contributed by atoms with E-state index in [0.717, 1.165) is 17.0 Å². The van der Waals surface area contributed by atoms with E-state index in [1.807, 2.05) is 20.9 Å². The van der Waals surface area contributed by atoms with Gasteiger partial charge in [-0.15, -0.1) is 0 Å². The summed E-state index contributed by atoms with van der Waals surface area (Å²) >= 11 is 0. The molecule has 0 unspecified atom stereocenters. The normalized spacial score (nSPS) is 10.4. The van der Waals surface area contributed by atoms with Crippen molar-refractivity contribution in [3.8, 4) is 0 Å². The molecule has 0 saturated carbocycles. The van der Waals surface area contributed by atoms with Crippen molar-refractivity contribution >= 4 is 17.6 Å². The van der Waals surface area contributed by atoms with E-state index in [0.29, 0.717) is 5.69 Å². The molecule has 0 aliphatic rings. The van der Waals surface area contributed by atoms with Crippen molar-refractivity contribution < 1.29 is 14.7 Å². The lowest BCUT2D eigenvalue weighted by atomic mass is 10.1. The molecule has 0 aliphatic heterocycles. The van der Waals surface area contributed by atoms with Crippen molar-refractivity contribution in [1.82, 2.24) is 9.78 Å². The Morgan fingerprint density at radius 3 is 2.62 bits per heavy atom. The number of carboxylic acids is 1. The van der Waals surface area contributed by atoms with Crippen LogP contribution in [0.25, 0.3) is 0 Å². The molecule has 0 atom stereocenters. The third-order valence-electron chi connectivity index (χ3n) is 3.39. The van der Waals surface area contributed by atoms with Gasteiger partial charge in [-0.2, -0.15) is 5.10 Å². The van der Waals surface area contributed by atoms with Gasteiger partial charge in [-0.25, -0.2) is 4.79 Å². The lowest BCUT2D eigenvalue weighted by Gasteiger charge is -2.06. The second-order valence-electron chi connectivity index (χ2n) is 4.88. The van der Waals surface area contributed by atoms with Crippen LogP contribution in [0.1, 0.15) is 27.3 Å². The average Bonchev–Trinajstić information content (AvgIpc) is 2.65. The zero-order valence-corrected chi connectivity index (χ0v) is 12.2. The first kappa shape index (κ1) is 14.8. The number of nitrogens with zero attached hydrogens (tertiary/aromatic N) is 2. The van der Waals surface area contributed by atoms with Crippen LogP contribution in [0.2, 0.25) is 0 Å². The van der Waals surface area contributed by atoms with E-state index in [1.54, 1.807) is 16.8 Å². The number of carbonyl (C=O) groups excluding carboxylic acids is 1. The second-order valence-corrected chi connectivity index (χ2v) is 4.88. The van der Waals surface area contributed by atoms with Gasteiger partial charge in [-0.05, 0) is 32.0 Å². The monoisotopic (exact) mass is 287 g/mol. The quantitative estimate of drug-likeness (QED) is 0.899. The number of aryl methyl sites for hydroxylation is 2. The topological polar surface area (TPSA) is 84.2 Å². The number of aromatic nitrogens is 2. The molecule has 21 heavy (non-hydrogen) atoms. The van der Waals surface area contributed by atoms with Gasteiger partial charge in [0.05, 0.1) is 17.7 Å². The number of aromatic carboxylic acids is 1. The van der Waals surface area contributed by atoms with Crippen LogP contribution in [0.5, 0.6) is 0 Å². The van der Waals surface area contributed by atoms with Gasteiger partial charge in [0.2, 0.25) is 5.91 Å². The van der Waals surface area contributed by atoms with Crippen molar-refractivity contribution in [2.24, 2.45) is 7.05 Å². The maximum absolute atomic E-state index is 12.1. The molecule has 0 radical (unpaired) electrons. The maximum atomic E-state index is 12.1. The minimum atomic E-state index is -1.02. The number of carboxylic acid groups (broad SMARTS) is 1. The Balaban J connectivity index is 2.12. The Morgan fingerprint density at radius 2 is 2.05 bits per heavy atom. The third-order valence-corrected chi connectivity index (χ3v) is 3.39. The van der Waals surface area contributed by atoms with Crippen molar-refractivity contribution in [3.63, 3.8) is 0 Å². The summed E-state index contributed by atoms with van der Waals surface area (Å²) in [5.41, 5.74) is 3.27. The van der Waals surface area contributed by atoms with Gasteiger partial charge < -0.3 is 10.4 Å². The average molecular weight is 287 g/mol. The molecule has 0 bridgehead atoms. The van der Waals surface area contributed by atoms with Crippen molar-refractivity contribution in [1.29, 1.82) is 0 Å². The van der Waals surface area contributed by atoms with Crippen LogP contribution in [-0.4, -0.2) is 26.8 Å². The Morgan fingerprint density at radius 1 is 1.33 bits per heavy atom. The standard InChI is InChI=1S/C15H17N3O3/c1-9-13(10(2)18(3)17-9)8-14(19)16-12-6-4-5-11(7-12)15(20)21/h4-7H,8H2,1-3H3,(H,16,19)(H,20,21). The molecule has 1 amide bonds. The number of rotatable bonds is 4. The zero-order chi connectivity index (χ0) is 15.6. The van der Waals surface area contributed by atoms with Crippen LogP contribution in [0.15, 0.2) is 24.3 Å². The number of hydrogen-bond acceptors (Lipinski definition) is 3. The first-order valence-electron chi connectivity index (χ1n) is 6.50. The van der Waals surface area contributed by atoms with E-state index in [9.17, 15) is 9.59 Å². The van der Waals surface area contributed by atoms with Crippen LogP contribution in [0.3, 0.4) is 0 Å². The predicted molar refractivity (Wildman–Crippen MR) is 78.4 cm³/mol. The summed E-state index contributed by atoms with van der Waals surface area (Å²) in [6, 6.07) is 6.17. The first-order valence-corrected chi connectivity index (χ1v) is 6.50. The number of benzene rings is 1. The van der Waals surface area contributed by atoms with Crippen molar-refractivity contribution in [3.05, 3.63) is 46.8 Å². The molecule has 2 N–H and O–H groups in total. The zero-order valence-electron chi connectivity index (χ0n) is 12.2. The SMILES string of the molecule is Cc1nn(C)c(C)c1CC(=O)Nc1cccc(C(=O)O)c1. The Hall–Kier alpha value is -2.63. The van der Waals surface area contributed by atoms with Gasteiger partial charge in [0.15, 0.2) is 0 Å². The Labute approximate surface area is 122 Å². The Bertz CT molecular complexity index is 704. The smallest absolute Gasteiger partial charge is 0.335 e. The van der Waals surface area contributed by atoms with Gasteiger partial charge in [-0.1, -0.05) is 6.07 Å². The van der Waals surface area contributed by atoms with E-state index in [4.69, 9.17) is 5.11 Å². The van der Waals surface area contributed by atoms with Crippen LogP contribution in [-0.2, 0) is 18.3 Å². The Kier molecular flexibility index (Phi) is 4.07. The molecule has 0 fully saturated rings. The predicted octanol–water partition coefficient (Wildman–Crippen LogP) is 1.92. The van der Waals surface area contributed by atoms with Crippen LogP contribution >= 0.6 is 0 Å². The fraction of sp³-hybridized carbons (Fsp3) is 0.267. The maximum Gasteiger partial charge on any atom is 0.335 e. The lowest BCUT2D eigenvalue weighted by molar-refractivity contribution is -0.115. The van der Waals surface area contributed by atoms with E-state index in [-0.39, 0.29) is 17.9 Å². The summed E-state index contributed by atoms with van der Waals surface area (Å²) in [6.07, 6.45) is 0.211. The van der Waals surface area contributed by atoms with Crippen molar-refractivity contribution in [2.75, 3.05) is 5.32 Å². The van der Waals surface area contributed by atoms with Gasteiger partial charge in [0, 0.05) is 24.0 Å². The molecule has 0 saturated heterocycles. The molecule has 2 rings (SSSR count). The number of amides is 1. The largest absolute Gasteiger partial charge is 0.478 e. The summed E-state index contributed by atoms with van der Waals surface area (Å²) in [7, 11) is 1.83. The van der Waals surface area contributed by atoms with E-state index in [2.05, 4.69) is 10.4 Å². The first-order chi connectivity index (χ1) is 9.88. The highest BCUT2D eigenvalue weighted by Gasteiger charge is 2.14. The van der Waals surface area contributed by atoms with Gasteiger partial charge in [0.25, 0.3) is 0 Å². The molecular weight excluding hydrogens is 270 g/mol. The van der Waals surface area contributed by atoms with E-state index in [1.165, 1.54) is 12.1 Å². The molecule has 110 valence electrons. The van der Waals surface area contributed by atoms with E-state index >= 15 is 0 Å². The minimum Gasteiger partial charge on any atom is -0.478 e. The number of hydrogen-bond donors (Lipinski definition) is 2. The minimum absolute atomic E-state index is 0.140. The highest BCUT2D eigenvalue weighted by atomic mass is 16.4. The molecule has 6 heteroatoms. The fourth-order valence-corrected chi connectivity index (χ4v) is 2.17. The fourth-order valence-electron chi connectivity index (χ4n) is 2.17. The molecule has 1 aromatic carbocycles. The molecule has 0 spiro atoms. The highest BCUT2D eigenvalue weighted by Crippen LogP contribution is 2.15. The molecule has 2 aromatic rings. The van der Waals surface area contributed by atoms with Gasteiger partial charge in [0.1, 0.15) is 0 Å². The molecule has 6 nitrogen and oxygen atoms in total. The van der Waals surface area contributed by atoms with Crippen LogP contribution in [0.4, 0.5) is 5.69 Å².